The monoisotopic (exact) mass is 474 g/mol. The van der Waals surface area contributed by atoms with Crippen LogP contribution in [0.4, 0.5) is 0 Å². The number of nitrogens with one attached hydrogen (secondary N) is 2. The van der Waals surface area contributed by atoms with Crippen LogP contribution in [0.15, 0.2) is 24.3 Å². The number of likely N-dealkylation sites (tertiary alicyclic amines) is 2. The lowest BCUT2D eigenvalue weighted by Crippen LogP contribution is -2.47. The first-order valence-corrected chi connectivity index (χ1v) is 11.5. The molecule has 0 saturated carbocycles. The number of rotatable bonds is 8. The van der Waals surface area contributed by atoms with Crippen molar-refractivity contribution >= 4 is 23.8 Å². The van der Waals surface area contributed by atoms with E-state index in [-0.39, 0.29) is 11.8 Å². The second-order valence-electron chi connectivity index (χ2n) is 9.15. The third-order valence-corrected chi connectivity index (χ3v) is 6.69. The molecule has 186 valence electrons. The Morgan fingerprint density at radius 3 is 1.38 bits per heavy atom. The predicted molar refractivity (Wildman–Crippen MR) is 124 cm³/mol. The average Bonchev–Trinajstić information content (AvgIpc) is 3.47. The molecule has 10 heteroatoms. The zero-order chi connectivity index (χ0) is 24.8. The van der Waals surface area contributed by atoms with Crippen LogP contribution in [0.3, 0.4) is 0 Å². The maximum absolute atomic E-state index is 12.8. The van der Waals surface area contributed by atoms with Gasteiger partial charge in [0, 0.05) is 36.1 Å². The van der Waals surface area contributed by atoms with Crippen LogP contribution in [-0.4, -0.2) is 100 Å². The first-order chi connectivity index (χ1) is 16.2. The summed E-state index contributed by atoms with van der Waals surface area (Å²) in [7, 11) is 6.54. The van der Waals surface area contributed by atoms with Crippen molar-refractivity contribution in [3.05, 3.63) is 35.4 Å². The molecule has 2 N–H and O–H groups in total. The Bertz CT molecular complexity index is 832. The van der Waals surface area contributed by atoms with Crippen LogP contribution in [-0.2, 0) is 19.1 Å². The standard InChI is InChI=1S/C24H34N4O6/c1-27-11-9-17(13-27)19(23(31)33-3)25-21(29)15-5-7-16(8-6-15)22(30)26-20(24(32)34-4)18-10-12-28(2)14-18/h5-8,17-20H,9-14H2,1-4H3,(H,25,29)(H,26,30)/t17-,18-,19?,20?/m1/s1. The number of esters is 2. The van der Waals surface area contributed by atoms with Gasteiger partial charge in [0.25, 0.3) is 11.8 Å². The molecule has 2 heterocycles. The quantitative estimate of drug-likeness (QED) is 0.511. The first kappa shape index (κ1) is 25.6. The third kappa shape index (κ3) is 6.12. The second kappa shape index (κ2) is 11.4. The number of ether oxygens (including phenoxy) is 2. The number of hydrogen-bond donors (Lipinski definition) is 2. The molecule has 34 heavy (non-hydrogen) atoms. The van der Waals surface area contributed by atoms with Crippen molar-refractivity contribution in [1.29, 1.82) is 0 Å². The number of amides is 2. The van der Waals surface area contributed by atoms with Crippen LogP contribution in [0.1, 0.15) is 33.6 Å². The summed E-state index contributed by atoms with van der Waals surface area (Å²) < 4.78 is 9.79. The Balaban J connectivity index is 1.65. The van der Waals surface area contributed by atoms with Gasteiger partial charge in [-0.15, -0.1) is 0 Å². The molecule has 1 aromatic rings. The summed E-state index contributed by atoms with van der Waals surface area (Å²) in [5.74, 6) is -1.85. The fraction of sp³-hybridized carbons (Fsp3) is 0.583. The van der Waals surface area contributed by atoms with E-state index in [1.54, 1.807) is 0 Å². The molecule has 0 aliphatic carbocycles. The summed E-state index contributed by atoms with van der Waals surface area (Å²) >= 11 is 0. The van der Waals surface area contributed by atoms with Crippen molar-refractivity contribution in [2.24, 2.45) is 11.8 Å². The Hall–Kier alpha value is -2.98. The van der Waals surface area contributed by atoms with E-state index in [2.05, 4.69) is 20.4 Å². The van der Waals surface area contributed by atoms with Gasteiger partial charge in [-0.1, -0.05) is 0 Å². The highest BCUT2D eigenvalue weighted by Gasteiger charge is 2.36. The molecule has 2 amide bonds. The van der Waals surface area contributed by atoms with E-state index in [9.17, 15) is 19.2 Å². The zero-order valence-corrected chi connectivity index (χ0v) is 20.2. The highest BCUT2D eigenvalue weighted by molar-refractivity contribution is 6.00. The molecular formula is C24H34N4O6. The Morgan fingerprint density at radius 1 is 0.765 bits per heavy atom. The molecule has 2 saturated heterocycles. The van der Waals surface area contributed by atoms with Crippen molar-refractivity contribution < 1.29 is 28.7 Å². The van der Waals surface area contributed by atoms with E-state index in [0.717, 1.165) is 25.9 Å². The lowest BCUT2D eigenvalue weighted by atomic mass is 9.98. The second-order valence-corrected chi connectivity index (χ2v) is 9.15. The molecule has 3 rings (SSSR count). The number of nitrogens with zero attached hydrogens (tertiary/aromatic N) is 2. The Labute approximate surface area is 199 Å². The summed E-state index contributed by atoms with van der Waals surface area (Å²) in [5, 5.41) is 5.57. The van der Waals surface area contributed by atoms with Crippen molar-refractivity contribution in [2.75, 3.05) is 54.5 Å². The van der Waals surface area contributed by atoms with Gasteiger partial charge in [-0.25, -0.2) is 9.59 Å². The van der Waals surface area contributed by atoms with Crippen molar-refractivity contribution in [3.63, 3.8) is 0 Å². The third-order valence-electron chi connectivity index (χ3n) is 6.69. The summed E-state index contributed by atoms with van der Waals surface area (Å²) in [5.41, 5.74) is 0.637. The number of carbonyl (C=O) groups is 4. The lowest BCUT2D eigenvalue weighted by molar-refractivity contribution is -0.145. The van der Waals surface area contributed by atoms with E-state index in [1.165, 1.54) is 38.5 Å². The highest BCUT2D eigenvalue weighted by Crippen LogP contribution is 2.21. The van der Waals surface area contributed by atoms with E-state index >= 15 is 0 Å². The Morgan fingerprint density at radius 2 is 1.12 bits per heavy atom. The van der Waals surface area contributed by atoms with Crippen LogP contribution in [0, 0.1) is 11.8 Å². The van der Waals surface area contributed by atoms with Gasteiger partial charge < -0.3 is 29.9 Å². The van der Waals surface area contributed by atoms with E-state index in [1.807, 2.05) is 14.1 Å². The van der Waals surface area contributed by atoms with Crippen LogP contribution < -0.4 is 10.6 Å². The van der Waals surface area contributed by atoms with E-state index < -0.39 is 35.8 Å². The molecule has 10 nitrogen and oxygen atoms in total. The van der Waals surface area contributed by atoms with Gasteiger partial charge in [-0.05, 0) is 64.3 Å². The number of methoxy groups -OCH3 is 2. The maximum Gasteiger partial charge on any atom is 0.328 e. The number of hydrogen-bond acceptors (Lipinski definition) is 8. The van der Waals surface area contributed by atoms with Gasteiger partial charge >= 0.3 is 11.9 Å². The minimum Gasteiger partial charge on any atom is -0.467 e. The molecule has 2 fully saturated rings. The van der Waals surface area contributed by atoms with Crippen LogP contribution >= 0.6 is 0 Å². The van der Waals surface area contributed by atoms with E-state index in [0.29, 0.717) is 24.2 Å². The lowest BCUT2D eigenvalue weighted by Gasteiger charge is -2.23. The minimum absolute atomic E-state index is 0.0312. The van der Waals surface area contributed by atoms with Crippen molar-refractivity contribution in [2.45, 2.75) is 24.9 Å². The number of benzene rings is 1. The number of carbonyl (C=O) groups excluding carboxylic acids is 4. The van der Waals surface area contributed by atoms with Gasteiger partial charge in [0.05, 0.1) is 14.2 Å². The minimum atomic E-state index is -0.740. The van der Waals surface area contributed by atoms with Crippen molar-refractivity contribution in [1.82, 2.24) is 20.4 Å². The smallest absolute Gasteiger partial charge is 0.328 e. The van der Waals surface area contributed by atoms with Gasteiger partial charge in [0.1, 0.15) is 12.1 Å². The van der Waals surface area contributed by atoms with Gasteiger partial charge in [-0.3, -0.25) is 9.59 Å². The first-order valence-electron chi connectivity index (χ1n) is 11.5. The van der Waals surface area contributed by atoms with Gasteiger partial charge in [0.15, 0.2) is 0 Å². The normalized spacial score (nSPS) is 22.6. The summed E-state index contributed by atoms with van der Waals surface area (Å²) in [6.45, 7) is 3.08. The summed E-state index contributed by atoms with van der Waals surface area (Å²) in [6, 6.07) is 4.61. The molecule has 0 spiro atoms. The van der Waals surface area contributed by atoms with Crippen LogP contribution in [0.5, 0.6) is 0 Å². The molecular weight excluding hydrogens is 440 g/mol. The van der Waals surface area contributed by atoms with Crippen LogP contribution in [0.25, 0.3) is 0 Å². The fourth-order valence-electron chi connectivity index (χ4n) is 4.70. The molecule has 2 aliphatic heterocycles. The topological polar surface area (TPSA) is 117 Å². The van der Waals surface area contributed by atoms with Crippen LogP contribution in [0.2, 0.25) is 0 Å². The molecule has 4 atom stereocenters. The molecule has 1 aromatic carbocycles. The molecule has 0 bridgehead atoms. The molecule has 0 aromatic heterocycles. The fourth-order valence-corrected chi connectivity index (χ4v) is 4.70. The van der Waals surface area contributed by atoms with E-state index in [4.69, 9.17) is 9.47 Å². The van der Waals surface area contributed by atoms with Gasteiger partial charge in [0.2, 0.25) is 0 Å². The van der Waals surface area contributed by atoms with Gasteiger partial charge in [-0.2, -0.15) is 0 Å². The summed E-state index contributed by atoms with van der Waals surface area (Å²) in [4.78, 5) is 54.4. The highest BCUT2D eigenvalue weighted by atomic mass is 16.5. The zero-order valence-electron chi connectivity index (χ0n) is 20.2. The molecule has 2 unspecified atom stereocenters. The average molecular weight is 475 g/mol. The Kier molecular flexibility index (Phi) is 8.62. The predicted octanol–water partition coefficient (Wildman–Crippen LogP) is 0.133. The largest absolute Gasteiger partial charge is 0.467 e. The maximum atomic E-state index is 12.8. The summed E-state index contributed by atoms with van der Waals surface area (Å²) in [6.07, 6.45) is 1.57. The SMILES string of the molecule is COC(=O)C(NC(=O)c1ccc(C(=O)NC(C(=O)OC)[C@@H]2CCN(C)C2)cc1)[C@@H]1CCN(C)C1. The molecule has 0 radical (unpaired) electrons. The molecule has 2 aliphatic rings. The van der Waals surface area contributed by atoms with Crippen molar-refractivity contribution in [3.8, 4) is 0 Å².